The number of aromatic nitrogens is 1. The highest BCUT2D eigenvalue weighted by molar-refractivity contribution is 5.97. The summed E-state index contributed by atoms with van der Waals surface area (Å²) in [6.45, 7) is 0.578. The van der Waals surface area contributed by atoms with Crippen LogP contribution in [0.2, 0.25) is 0 Å². The summed E-state index contributed by atoms with van der Waals surface area (Å²) in [5.74, 6) is 0.226. The topological polar surface area (TPSA) is 75.4 Å². The van der Waals surface area contributed by atoms with Crippen molar-refractivity contribution in [2.24, 2.45) is 0 Å². The van der Waals surface area contributed by atoms with E-state index in [1.807, 2.05) is 60.7 Å². The quantitative estimate of drug-likeness (QED) is 0.740. The molecule has 1 saturated heterocycles. The Bertz CT molecular complexity index is 953. The van der Waals surface area contributed by atoms with Crippen molar-refractivity contribution >= 4 is 17.5 Å². The molecule has 0 unspecified atom stereocenters. The van der Waals surface area contributed by atoms with E-state index in [0.29, 0.717) is 24.6 Å². The Labute approximate surface area is 163 Å². The monoisotopic (exact) mass is 375 g/mol. The largest absolute Gasteiger partial charge is 0.444 e. The molecule has 1 N–H and O–H groups in total. The van der Waals surface area contributed by atoms with Crippen LogP contribution in [0.3, 0.4) is 0 Å². The highest BCUT2D eigenvalue weighted by atomic mass is 16.3. The first-order valence-electron chi connectivity index (χ1n) is 9.36. The van der Waals surface area contributed by atoms with Gasteiger partial charge in [-0.15, -0.1) is 0 Å². The average molecular weight is 375 g/mol. The van der Waals surface area contributed by atoms with E-state index in [0.717, 1.165) is 17.7 Å². The zero-order valence-electron chi connectivity index (χ0n) is 15.4. The molecular weight excluding hydrogens is 354 g/mol. The number of anilines is 1. The second kappa shape index (κ2) is 8.08. The van der Waals surface area contributed by atoms with E-state index in [1.165, 1.54) is 6.26 Å². The van der Waals surface area contributed by atoms with Crippen LogP contribution in [0.1, 0.15) is 18.5 Å². The molecule has 2 heterocycles. The second-order valence-corrected chi connectivity index (χ2v) is 6.79. The van der Waals surface area contributed by atoms with Crippen LogP contribution in [-0.4, -0.2) is 34.3 Å². The molecule has 1 aliphatic rings. The van der Waals surface area contributed by atoms with Gasteiger partial charge in [-0.1, -0.05) is 36.4 Å². The zero-order valence-corrected chi connectivity index (χ0v) is 15.4. The van der Waals surface area contributed by atoms with E-state index in [1.54, 1.807) is 4.90 Å². The minimum atomic E-state index is -0.451. The first kappa shape index (κ1) is 18.0. The Morgan fingerprint density at radius 1 is 1.07 bits per heavy atom. The minimum Gasteiger partial charge on any atom is -0.444 e. The van der Waals surface area contributed by atoms with Crippen LogP contribution >= 0.6 is 0 Å². The molecule has 1 aromatic heterocycles. The van der Waals surface area contributed by atoms with Crippen molar-refractivity contribution in [3.63, 3.8) is 0 Å². The van der Waals surface area contributed by atoms with Gasteiger partial charge in [-0.2, -0.15) is 0 Å². The summed E-state index contributed by atoms with van der Waals surface area (Å²) in [6.07, 6.45) is 3.10. The molecule has 0 radical (unpaired) electrons. The summed E-state index contributed by atoms with van der Waals surface area (Å²) in [5.41, 5.74) is 2.16. The maximum absolute atomic E-state index is 12.8. The molecule has 2 aromatic carbocycles. The van der Waals surface area contributed by atoms with Gasteiger partial charge < -0.3 is 14.6 Å². The molecule has 0 saturated carbocycles. The van der Waals surface area contributed by atoms with E-state index in [2.05, 4.69) is 10.3 Å². The van der Waals surface area contributed by atoms with E-state index >= 15 is 0 Å². The van der Waals surface area contributed by atoms with Gasteiger partial charge in [-0.25, -0.2) is 4.98 Å². The first-order chi connectivity index (χ1) is 13.7. The number of benzene rings is 2. The molecule has 2 amide bonds. The van der Waals surface area contributed by atoms with Gasteiger partial charge in [0.1, 0.15) is 12.3 Å². The fourth-order valence-corrected chi connectivity index (χ4v) is 3.44. The van der Waals surface area contributed by atoms with Gasteiger partial charge in [-0.3, -0.25) is 9.59 Å². The lowest BCUT2D eigenvalue weighted by atomic mass is 10.2. The Morgan fingerprint density at radius 2 is 1.79 bits per heavy atom. The number of nitrogens with one attached hydrogen (secondary N) is 1. The number of hydrogen-bond donors (Lipinski definition) is 1. The normalized spacial score (nSPS) is 16.1. The summed E-state index contributed by atoms with van der Waals surface area (Å²) in [7, 11) is 0. The van der Waals surface area contributed by atoms with Gasteiger partial charge in [0.15, 0.2) is 0 Å². The van der Waals surface area contributed by atoms with Crippen molar-refractivity contribution in [1.29, 1.82) is 0 Å². The van der Waals surface area contributed by atoms with Gasteiger partial charge in [0.2, 0.25) is 17.7 Å². The number of para-hydroxylation sites is 1. The van der Waals surface area contributed by atoms with Gasteiger partial charge >= 0.3 is 0 Å². The third kappa shape index (κ3) is 3.96. The highest BCUT2D eigenvalue weighted by Crippen LogP contribution is 2.22. The summed E-state index contributed by atoms with van der Waals surface area (Å²) < 4.78 is 5.51. The van der Waals surface area contributed by atoms with Crippen molar-refractivity contribution in [2.75, 3.05) is 11.9 Å². The van der Waals surface area contributed by atoms with E-state index < -0.39 is 6.04 Å². The molecule has 6 heteroatoms. The minimum absolute atomic E-state index is 0.112. The molecule has 142 valence electrons. The SMILES string of the molecule is O=C(Nc1ccccc1)[C@@H]1CCCN1C(=O)Cc1coc(-c2ccccc2)n1. The predicted molar refractivity (Wildman–Crippen MR) is 105 cm³/mol. The molecule has 3 aromatic rings. The molecule has 1 aliphatic heterocycles. The van der Waals surface area contributed by atoms with Crippen molar-refractivity contribution in [3.05, 3.63) is 72.6 Å². The predicted octanol–water partition coefficient (Wildman–Crippen LogP) is 3.51. The van der Waals surface area contributed by atoms with Crippen LogP contribution < -0.4 is 5.32 Å². The maximum Gasteiger partial charge on any atom is 0.247 e. The molecule has 6 nitrogen and oxygen atoms in total. The summed E-state index contributed by atoms with van der Waals surface area (Å²) >= 11 is 0. The Hall–Kier alpha value is -3.41. The summed E-state index contributed by atoms with van der Waals surface area (Å²) in [6, 6.07) is 18.4. The number of carbonyl (C=O) groups excluding carboxylic acids is 2. The number of amides is 2. The molecule has 1 fully saturated rings. The molecule has 0 spiro atoms. The van der Waals surface area contributed by atoms with Crippen LogP contribution in [0.5, 0.6) is 0 Å². The molecule has 0 aliphatic carbocycles. The Kier molecular flexibility index (Phi) is 5.19. The first-order valence-corrected chi connectivity index (χ1v) is 9.36. The average Bonchev–Trinajstić information content (AvgIpc) is 3.39. The van der Waals surface area contributed by atoms with Gasteiger partial charge in [0.05, 0.1) is 12.1 Å². The Morgan fingerprint density at radius 3 is 2.54 bits per heavy atom. The molecule has 0 bridgehead atoms. The van der Waals surface area contributed by atoms with Crippen LogP contribution in [0.25, 0.3) is 11.5 Å². The summed E-state index contributed by atoms with van der Waals surface area (Å²) in [4.78, 5) is 31.5. The van der Waals surface area contributed by atoms with Crippen LogP contribution in [0, 0.1) is 0 Å². The molecule has 4 rings (SSSR count). The van der Waals surface area contributed by atoms with Crippen molar-refractivity contribution in [2.45, 2.75) is 25.3 Å². The fraction of sp³-hybridized carbons (Fsp3) is 0.227. The second-order valence-electron chi connectivity index (χ2n) is 6.79. The Balaban J connectivity index is 1.41. The molecule has 28 heavy (non-hydrogen) atoms. The van der Waals surface area contributed by atoms with Gasteiger partial charge in [0.25, 0.3) is 0 Å². The number of likely N-dealkylation sites (tertiary alicyclic amines) is 1. The number of oxazole rings is 1. The lowest BCUT2D eigenvalue weighted by Crippen LogP contribution is -2.43. The van der Waals surface area contributed by atoms with E-state index in [-0.39, 0.29) is 18.2 Å². The standard InChI is InChI=1S/C22H21N3O3/c26-20(14-18-15-28-22(24-18)16-8-3-1-4-9-16)25-13-7-12-19(25)21(27)23-17-10-5-2-6-11-17/h1-6,8-11,15,19H,7,12-14H2,(H,23,27)/t19-/m0/s1. The van der Waals surface area contributed by atoms with Gasteiger partial charge in [0, 0.05) is 17.8 Å². The maximum atomic E-state index is 12.8. The van der Waals surface area contributed by atoms with Crippen molar-refractivity contribution < 1.29 is 14.0 Å². The lowest BCUT2D eigenvalue weighted by molar-refractivity contribution is -0.136. The van der Waals surface area contributed by atoms with Crippen molar-refractivity contribution in [3.8, 4) is 11.5 Å². The highest BCUT2D eigenvalue weighted by Gasteiger charge is 2.34. The van der Waals surface area contributed by atoms with E-state index in [4.69, 9.17) is 4.42 Å². The smallest absolute Gasteiger partial charge is 0.247 e. The third-order valence-corrected chi connectivity index (χ3v) is 4.82. The summed E-state index contributed by atoms with van der Waals surface area (Å²) in [5, 5.41) is 2.89. The number of rotatable bonds is 5. The third-order valence-electron chi connectivity index (χ3n) is 4.82. The van der Waals surface area contributed by atoms with E-state index in [9.17, 15) is 9.59 Å². The number of hydrogen-bond acceptors (Lipinski definition) is 4. The molecule has 1 atom stereocenters. The number of nitrogens with zero attached hydrogens (tertiary/aromatic N) is 2. The lowest BCUT2D eigenvalue weighted by Gasteiger charge is -2.23. The van der Waals surface area contributed by atoms with Crippen LogP contribution in [0.15, 0.2) is 71.3 Å². The number of carbonyl (C=O) groups is 2. The van der Waals surface area contributed by atoms with Gasteiger partial charge in [-0.05, 0) is 37.1 Å². The van der Waals surface area contributed by atoms with Crippen LogP contribution in [0.4, 0.5) is 5.69 Å². The molecular formula is C22H21N3O3. The zero-order chi connectivity index (χ0) is 19.3. The van der Waals surface area contributed by atoms with Crippen LogP contribution in [-0.2, 0) is 16.0 Å². The van der Waals surface area contributed by atoms with Crippen molar-refractivity contribution in [1.82, 2.24) is 9.88 Å². The fourth-order valence-electron chi connectivity index (χ4n) is 3.44.